The third-order valence-corrected chi connectivity index (χ3v) is 3.83. The largest absolute Gasteiger partial charge is 0.396 e. The number of aliphatic hydroxyl groups is 1. The Morgan fingerprint density at radius 3 is 2.47 bits per heavy atom. The van der Waals surface area contributed by atoms with Crippen molar-refractivity contribution >= 4 is 15.9 Å². The summed E-state index contributed by atoms with van der Waals surface area (Å²) in [5.41, 5.74) is 0. The molecular weight excluding hydrogens is 268 g/mol. The number of hydrogen-bond acceptors (Lipinski definition) is 4. The van der Waals surface area contributed by atoms with Crippen molar-refractivity contribution in [1.82, 2.24) is 10.0 Å². The van der Waals surface area contributed by atoms with Crippen LogP contribution in [0.5, 0.6) is 0 Å². The summed E-state index contributed by atoms with van der Waals surface area (Å²) in [4.78, 5) is 11.5. The summed E-state index contributed by atoms with van der Waals surface area (Å²) in [5.74, 6) is -0.246. The minimum Gasteiger partial charge on any atom is -0.396 e. The fraction of sp³-hybridized carbons (Fsp3) is 0.417. The lowest BCUT2D eigenvalue weighted by atomic mass is 10.4. The van der Waals surface area contributed by atoms with E-state index >= 15 is 0 Å². The minimum absolute atomic E-state index is 0.0148. The number of benzene rings is 1. The number of aliphatic hydroxyl groups excluding tert-OH is 1. The van der Waals surface area contributed by atoms with Gasteiger partial charge in [0.1, 0.15) is 0 Å². The predicted molar refractivity (Wildman–Crippen MR) is 71.0 cm³/mol. The highest BCUT2D eigenvalue weighted by Gasteiger charge is 2.12. The van der Waals surface area contributed by atoms with Crippen molar-refractivity contribution in [2.24, 2.45) is 0 Å². The molecule has 0 saturated heterocycles. The summed E-state index contributed by atoms with van der Waals surface area (Å²) in [7, 11) is -3.55. The van der Waals surface area contributed by atoms with E-state index in [1.807, 2.05) is 0 Å². The fourth-order valence-corrected chi connectivity index (χ4v) is 2.43. The molecule has 3 N–H and O–H groups in total. The van der Waals surface area contributed by atoms with Crippen molar-refractivity contribution in [2.75, 3.05) is 19.7 Å². The van der Waals surface area contributed by atoms with E-state index in [2.05, 4.69) is 10.0 Å². The molecule has 6 nitrogen and oxygen atoms in total. The molecule has 1 aromatic carbocycles. The summed E-state index contributed by atoms with van der Waals surface area (Å²) in [6.45, 7) is 0.448. The fourth-order valence-electron chi connectivity index (χ4n) is 1.38. The summed E-state index contributed by atoms with van der Waals surface area (Å²) >= 11 is 0. The highest BCUT2D eigenvalue weighted by Crippen LogP contribution is 2.06. The van der Waals surface area contributed by atoms with Gasteiger partial charge >= 0.3 is 0 Å². The van der Waals surface area contributed by atoms with Crippen LogP contribution in [-0.2, 0) is 14.8 Å². The first-order chi connectivity index (χ1) is 9.06. The van der Waals surface area contributed by atoms with Crippen LogP contribution in [0, 0.1) is 0 Å². The molecule has 0 aromatic heterocycles. The van der Waals surface area contributed by atoms with Gasteiger partial charge in [-0.25, -0.2) is 13.1 Å². The van der Waals surface area contributed by atoms with Crippen molar-refractivity contribution in [3.8, 4) is 0 Å². The van der Waals surface area contributed by atoms with Gasteiger partial charge in [-0.3, -0.25) is 4.79 Å². The second kappa shape index (κ2) is 7.88. The van der Waals surface area contributed by atoms with E-state index < -0.39 is 10.0 Å². The van der Waals surface area contributed by atoms with Gasteiger partial charge in [0, 0.05) is 26.1 Å². The SMILES string of the molecule is O=C(CCNS(=O)(=O)c1ccccc1)NCCCO. The van der Waals surface area contributed by atoms with Gasteiger partial charge in [0.15, 0.2) is 0 Å². The third kappa shape index (κ3) is 5.82. The van der Waals surface area contributed by atoms with E-state index in [1.165, 1.54) is 12.1 Å². The number of sulfonamides is 1. The zero-order valence-corrected chi connectivity index (χ0v) is 11.3. The van der Waals surface area contributed by atoms with Crippen LogP contribution in [-0.4, -0.2) is 39.1 Å². The van der Waals surface area contributed by atoms with Crippen molar-refractivity contribution in [2.45, 2.75) is 17.7 Å². The molecule has 1 amide bonds. The Kier molecular flexibility index (Phi) is 6.48. The molecule has 0 bridgehead atoms. The van der Waals surface area contributed by atoms with Crippen LogP contribution in [0.2, 0.25) is 0 Å². The zero-order chi connectivity index (χ0) is 14.1. The molecule has 0 spiro atoms. The standard InChI is InChI=1S/C12H18N2O4S/c15-10-4-8-13-12(16)7-9-14-19(17,18)11-5-2-1-3-6-11/h1-3,5-6,14-15H,4,7-10H2,(H,13,16). The van der Waals surface area contributed by atoms with Gasteiger partial charge < -0.3 is 10.4 Å². The predicted octanol–water partition coefficient (Wildman–Crippen LogP) is -0.146. The van der Waals surface area contributed by atoms with Gasteiger partial charge in [0.25, 0.3) is 0 Å². The lowest BCUT2D eigenvalue weighted by Crippen LogP contribution is -2.31. The van der Waals surface area contributed by atoms with Crippen molar-refractivity contribution in [3.05, 3.63) is 30.3 Å². The molecule has 106 valence electrons. The Morgan fingerprint density at radius 2 is 1.84 bits per heavy atom. The number of hydrogen-bond donors (Lipinski definition) is 3. The highest BCUT2D eigenvalue weighted by molar-refractivity contribution is 7.89. The van der Waals surface area contributed by atoms with Crippen LogP contribution in [0.15, 0.2) is 35.2 Å². The number of rotatable bonds is 8. The lowest BCUT2D eigenvalue weighted by molar-refractivity contribution is -0.120. The smallest absolute Gasteiger partial charge is 0.240 e. The molecule has 0 aliphatic rings. The van der Waals surface area contributed by atoms with Crippen molar-refractivity contribution in [1.29, 1.82) is 0 Å². The van der Waals surface area contributed by atoms with Crippen molar-refractivity contribution in [3.63, 3.8) is 0 Å². The second-order valence-electron chi connectivity index (χ2n) is 3.89. The van der Waals surface area contributed by atoms with Crippen LogP contribution in [0.3, 0.4) is 0 Å². The maximum atomic E-state index is 11.8. The first kappa shape index (κ1) is 15.6. The molecular formula is C12H18N2O4S. The van der Waals surface area contributed by atoms with Crippen LogP contribution in [0.4, 0.5) is 0 Å². The van der Waals surface area contributed by atoms with Gasteiger partial charge in [0.05, 0.1) is 4.90 Å². The zero-order valence-electron chi connectivity index (χ0n) is 10.5. The second-order valence-corrected chi connectivity index (χ2v) is 5.65. The van der Waals surface area contributed by atoms with E-state index in [0.717, 1.165) is 0 Å². The Bertz CT molecular complexity index is 488. The molecule has 0 radical (unpaired) electrons. The quantitative estimate of drug-likeness (QED) is 0.579. The third-order valence-electron chi connectivity index (χ3n) is 2.35. The van der Waals surface area contributed by atoms with E-state index in [1.54, 1.807) is 18.2 Å². The molecule has 0 heterocycles. The molecule has 0 atom stereocenters. The lowest BCUT2D eigenvalue weighted by Gasteiger charge is -2.07. The molecule has 0 aliphatic heterocycles. The molecule has 0 fully saturated rings. The summed E-state index contributed by atoms with van der Waals surface area (Å²) < 4.78 is 26.0. The molecule has 0 unspecified atom stereocenters. The summed E-state index contributed by atoms with van der Waals surface area (Å²) in [5, 5.41) is 11.1. The van der Waals surface area contributed by atoms with E-state index in [4.69, 9.17) is 5.11 Å². The van der Waals surface area contributed by atoms with Gasteiger partial charge in [0.2, 0.25) is 15.9 Å². The van der Waals surface area contributed by atoms with Crippen LogP contribution in [0.1, 0.15) is 12.8 Å². The summed E-state index contributed by atoms with van der Waals surface area (Å²) in [6, 6.07) is 7.98. The molecule has 1 aromatic rings. The topological polar surface area (TPSA) is 95.5 Å². The Labute approximate surface area is 112 Å². The van der Waals surface area contributed by atoms with E-state index in [-0.39, 0.29) is 30.4 Å². The van der Waals surface area contributed by atoms with Crippen LogP contribution >= 0.6 is 0 Å². The first-order valence-corrected chi connectivity index (χ1v) is 7.47. The Hall–Kier alpha value is -1.44. The molecule has 1 rings (SSSR count). The Morgan fingerprint density at radius 1 is 1.16 bits per heavy atom. The van der Waals surface area contributed by atoms with Crippen LogP contribution in [0.25, 0.3) is 0 Å². The molecule has 19 heavy (non-hydrogen) atoms. The number of amides is 1. The highest BCUT2D eigenvalue weighted by atomic mass is 32.2. The van der Waals surface area contributed by atoms with E-state index in [0.29, 0.717) is 13.0 Å². The minimum atomic E-state index is -3.55. The molecule has 0 aliphatic carbocycles. The maximum Gasteiger partial charge on any atom is 0.240 e. The van der Waals surface area contributed by atoms with Crippen LogP contribution < -0.4 is 10.0 Å². The number of nitrogens with one attached hydrogen (secondary N) is 2. The van der Waals surface area contributed by atoms with Gasteiger partial charge in [-0.2, -0.15) is 0 Å². The monoisotopic (exact) mass is 286 g/mol. The van der Waals surface area contributed by atoms with Gasteiger partial charge in [-0.1, -0.05) is 18.2 Å². The normalized spacial score (nSPS) is 11.2. The first-order valence-electron chi connectivity index (χ1n) is 5.98. The molecule has 0 saturated carbocycles. The van der Waals surface area contributed by atoms with Gasteiger partial charge in [-0.15, -0.1) is 0 Å². The van der Waals surface area contributed by atoms with Gasteiger partial charge in [-0.05, 0) is 18.6 Å². The molecule has 7 heteroatoms. The maximum absolute atomic E-state index is 11.8. The van der Waals surface area contributed by atoms with Crippen molar-refractivity contribution < 1.29 is 18.3 Å². The van der Waals surface area contributed by atoms with E-state index in [9.17, 15) is 13.2 Å². The summed E-state index contributed by atoms with van der Waals surface area (Å²) in [6.07, 6.45) is 0.555. The average molecular weight is 286 g/mol. The number of carbonyl (C=O) groups excluding carboxylic acids is 1. The number of carbonyl (C=O) groups is 1. The average Bonchev–Trinajstić information content (AvgIpc) is 2.40. The Balaban J connectivity index is 2.35.